The second kappa shape index (κ2) is 7.55. The summed E-state index contributed by atoms with van der Waals surface area (Å²) in [5, 5.41) is 7.25. The van der Waals surface area contributed by atoms with Crippen LogP contribution in [0.5, 0.6) is 0 Å². The fraction of sp³-hybridized carbons (Fsp3) is 0.333. The van der Waals surface area contributed by atoms with Crippen molar-refractivity contribution >= 4 is 11.4 Å². The maximum Gasteiger partial charge on any atom is 0.0375 e. The molecule has 2 aromatic rings. The Labute approximate surface area is 140 Å². The van der Waals surface area contributed by atoms with Crippen LogP contribution >= 0.6 is 0 Å². The molecule has 2 unspecified atom stereocenters. The van der Waals surface area contributed by atoms with Crippen molar-refractivity contribution in [1.29, 1.82) is 0 Å². The van der Waals surface area contributed by atoms with Crippen molar-refractivity contribution in [2.24, 2.45) is 10.2 Å². The van der Waals surface area contributed by atoms with Crippen molar-refractivity contribution in [3.8, 4) is 0 Å². The Kier molecular flexibility index (Phi) is 5.02. The lowest BCUT2D eigenvalue weighted by Gasteiger charge is -2.30. The van der Waals surface area contributed by atoms with E-state index in [4.69, 9.17) is 11.1 Å². The molecule has 6 heteroatoms. The molecule has 1 fully saturated rings. The highest BCUT2D eigenvalue weighted by Gasteiger charge is 2.24. The number of rotatable bonds is 4. The van der Waals surface area contributed by atoms with Gasteiger partial charge in [0.1, 0.15) is 0 Å². The number of benzene rings is 2. The van der Waals surface area contributed by atoms with Gasteiger partial charge >= 0.3 is 0 Å². The molecule has 1 aliphatic carbocycles. The van der Waals surface area contributed by atoms with E-state index in [1.807, 2.05) is 24.3 Å². The van der Waals surface area contributed by atoms with E-state index in [1.54, 1.807) is 0 Å². The van der Waals surface area contributed by atoms with Crippen LogP contribution in [0, 0.1) is 0 Å². The van der Waals surface area contributed by atoms with Gasteiger partial charge in [-0.05, 0) is 53.3 Å². The molecule has 0 aliphatic heterocycles. The number of azide groups is 2. The first kappa shape index (κ1) is 15.9. The smallest absolute Gasteiger partial charge is 0.0375 e. The van der Waals surface area contributed by atoms with Crippen molar-refractivity contribution in [1.82, 2.24) is 0 Å². The highest BCUT2D eigenvalue weighted by Crippen LogP contribution is 2.41. The average molecular weight is 318 g/mol. The molecule has 0 radical (unpaired) electrons. The van der Waals surface area contributed by atoms with Gasteiger partial charge in [-0.3, -0.25) is 0 Å². The monoisotopic (exact) mass is 318 g/mol. The molecule has 0 saturated heterocycles. The molecule has 120 valence electrons. The minimum Gasteiger partial charge on any atom is -0.0608 e. The summed E-state index contributed by atoms with van der Waals surface area (Å²) in [5.74, 6) is 1.06. The maximum atomic E-state index is 8.48. The Balaban J connectivity index is 1.73. The molecule has 0 heterocycles. The Morgan fingerprint density at radius 2 is 1.12 bits per heavy atom. The topological polar surface area (TPSA) is 97.5 Å². The largest absolute Gasteiger partial charge is 0.0608 e. The van der Waals surface area contributed by atoms with Crippen LogP contribution in [0.2, 0.25) is 0 Å². The Hall–Kier alpha value is -2.94. The maximum absolute atomic E-state index is 8.48. The van der Waals surface area contributed by atoms with Crippen molar-refractivity contribution in [2.75, 3.05) is 0 Å². The van der Waals surface area contributed by atoms with Gasteiger partial charge in [0.25, 0.3) is 0 Å². The first-order chi connectivity index (χ1) is 11.8. The quantitative estimate of drug-likeness (QED) is 0.329. The first-order valence-electron chi connectivity index (χ1n) is 8.10. The molecule has 1 saturated carbocycles. The van der Waals surface area contributed by atoms with Crippen LogP contribution < -0.4 is 0 Å². The normalized spacial score (nSPS) is 19.8. The molecule has 24 heavy (non-hydrogen) atoms. The summed E-state index contributed by atoms with van der Waals surface area (Å²) in [4.78, 5) is 5.63. The third-order valence-electron chi connectivity index (χ3n) is 4.72. The molecule has 0 amide bonds. The minimum atomic E-state index is 0.528. The van der Waals surface area contributed by atoms with Crippen LogP contribution in [0.25, 0.3) is 20.9 Å². The number of hydrogen-bond donors (Lipinski definition) is 0. The lowest BCUT2D eigenvalue weighted by molar-refractivity contribution is 0.394. The van der Waals surface area contributed by atoms with Gasteiger partial charge in [-0.2, -0.15) is 0 Å². The molecule has 3 rings (SSSR count). The highest BCUT2D eigenvalue weighted by atomic mass is 15.1. The van der Waals surface area contributed by atoms with E-state index in [2.05, 4.69) is 44.3 Å². The second-order valence-electron chi connectivity index (χ2n) is 6.12. The molecular weight excluding hydrogens is 300 g/mol. The van der Waals surface area contributed by atoms with Crippen LogP contribution in [0.15, 0.2) is 58.8 Å². The summed E-state index contributed by atoms with van der Waals surface area (Å²) in [5.41, 5.74) is 20.9. The second-order valence-corrected chi connectivity index (χ2v) is 6.12. The van der Waals surface area contributed by atoms with Crippen LogP contribution in [0.4, 0.5) is 11.4 Å². The molecular formula is C18H18N6. The van der Waals surface area contributed by atoms with E-state index in [0.29, 0.717) is 23.2 Å². The van der Waals surface area contributed by atoms with E-state index in [0.717, 1.165) is 6.42 Å². The van der Waals surface area contributed by atoms with E-state index in [1.165, 1.54) is 30.4 Å². The summed E-state index contributed by atoms with van der Waals surface area (Å²) >= 11 is 0. The van der Waals surface area contributed by atoms with Crippen molar-refractivity contribution in [3.63, 3.8) is 0 Å². The summed E-state index contributed by atoms with van der Waals surface area (Å²) in [6.07, 6.45) is 4.69. The lowest BCUT2D eigenvalue weighted by atomic mass is 9.75. The predicted octanol–water partition coefficient (Wildman–Crippen LogP) is 7.01. The third kappa shape index (κ3) is 3.69. The molecule has 6 nitrogen and oxygen atoms in total. The Morgan fingerprint density at radius 1 is 0.708 bits per heavy atom. The third-order valence-corrected chi connectivity index (χ3v) is 4.72. The SMILES string of the molecule is [N-]=[N+]=Nc1ccc(C2CCCC(c3ccc(N=[N+]=[N-])cc3)C2)cc1. The molecule has 0 N–H and O–H groups in total. The molecule has 2 atom stereocenters. The molecule has 1 aliphatic rings. The lowest BCUT2D eigenvalue weighted by Crippen LogP contribution is -2.12. The average Bonchev–Trinajstić information content (AvgIpc) is 2.64. The predicted molar refractivity (Wildman–Crippen MR) is 94.4 cm³/mol. The number of hydrogen-bond acceptors (Lipinski definition) is 2. The first-order valence-corrected chi connectivity index (χ1v) is 8.10. The van der Waals surface area contributed by atoms with E-state index in [-0.39, 0.29) is 0 Å². The van der Waals surface area contributed by atoms with Gasteiger partial charge in [-0.25, -0.2) is 0 Å². The zero-order valence-electron chi connectivity index (χ0n) is 13.3. The van der Waals surface area contributed by atoms with Crippen LogP contribution in [-0.4, -0.2) is 0 Å². The van der Waals surface area contributed by atoms with Gasteiger partial charge in [0, 0.05) is 21.2 Å². The number of nitrogens with zero attached hydrogens (tertiary/aromatic N) is 6. The summed E-state index contributed by atoms with van der Waals surface area (Å²) in [6, 6.07) is 15.8. The summed E-state index contributed by atoms with van der Waals surface area (Å²) in [6.45, 7) is 0. The van der Waals surface area contributed by atoms with Crippen molar-refractivity contribution in [3.05, 3.63) is 80.5 Å². The zero-order valence-corrected chi connectivity index (χ0v) is 13.3. The fourth-order valence-electron chi connectivity index (χ4n) is 3.52. The van der Waals surface area contributed by atoms with E-state index in [9.17, 15) is 0 Å². The fourth-order valence-corrected chi connectivity index (χ4v) is 3.52. The minimum absolute atomic E-state index is 0.528. The summed E-state index contributed by atoms with van der Waals surface area (Å²) < 4.78 is 0. The van der Waals surface area contributed by atoms with Crippen LogP contribution in [0.1, 0.15) is 48.6 Å². The van der Waals surface area contributed by atoms with E-state index >= 15 is 0 Å². The van der Waals surface area contributed by atoms with Crippen molar-refractivity contribution in [2.45, 2.75) is 37.5 Å². The van der Waals surface area contributed by atoms with Crippen LogP contribution in [0.3, 0.4) is 0 Å². The Bertz CT molecular complexity index is 716. The van der Waals surface area contributed by atoms with Gasteiger partial charge in [0.2, 0.25) is 0 Å². The van der Waals surface area contributed by atoms with E-state index < -0.39 is 0 Å². The highest BCUT2D eigenvalue weighted by molar-refractivity contribution is 5.41. The summed E-state index contributed by atoms with van der Waals surface area (Å²) in [7, 11) is 0. The molecule has 0 spiro atoms. The zero-order chi connectivity index (χ0) is 16.8. The van der Waals surface area contributed by atoms with Crippen LogP contribution in [-0.2, 0) is 0 Å². The van der Waals surface area contributed by atoms with Gasteiger partial charge in [0.15, 0.2) is 0 Å². The van der Waals surface area contributed by atoms with Gasteiger partial charge in [0.05, 0.1) is 0 Å². The van der Waals surface area contributed by atoms with Gasteiger partial charge in [-0.15, -0.1) is 0 Å². The standard InChI is InChI=1S/C18H18N6/c19-23-21-17-8-4-13(5-9-17)15-2-1-3-16(12-15)14-6-10-18(11-7-14)22-24-20/h4-11,15-16H,1-3,12H2. The van der Waals surface area contributed by atoms with Gasteiger partial charge < -0.3 is 0 Å². The van der Waals surface area contributed by atoms with Crippen molar-refractivity contribution < 1.29 is 0 Å². The molecule has 2 aromatic carbocycles. The molecule has 0 aromatic heterocycles. The Morgan fingerprint density at radius 3 is 1.50 bits per heavy atom. The van der Waals surface area contributed by atoms with Gasteiger partial charge in [-0.1, -0.05) is 65.2 Å². The molecule has 0 bridgehead atoms.